The van der Waals surface area contributed by atoms with Crippen LogP contribution in [-0.4, -0.2) is 23.4 Å². The van der Waals surface area contributed by atoms with E-state index in [9.17, 15) is 19.2 Å². The number of ketones is 2. The van der Waals surface area contributed by atoms with Gasteiger partial charge in [-0.15, -0.1) is 0 Å². The maximum Gasteiger partial charge on any atom is 0.224 e. The van der Waals surface area contributed by atoms with Crippen LogP contribution in [0, 0.1) is 0 Å². The molecule has 6 nitrogen and oxygen atoms in total. The second-order valence-corrected chi connectivity index (χ2v) is 4.40. The van der Waals surface area contributed by atoms with Crippen molar-refractivity contribution in [2.24, 2.45) is 11.5 Å². The number of nitrogens with two attached hydrogens (primary N) is 2. The summed E-state index contributed by atoms with van der Waals surface area (Å²) in [4.78, 5) is 39.5. The van der Waals surface area contributed by atoms with Crippen molar-refractivity contribution in [1.29, 1.82) is 0 Å². The molecule has 0 aliphatic carbocycles. The van der Waals surface area contributed by atoms with Crippen LogP contribution < -0.4 is 11.5 Å². The molecule has 6 heteroatoms. The Morgan fingerprint density at radius 3 is 1.00 bits per heavy atom. The molecule has 0 aromatic carbocycles. The molecular weight excluding hydrogens is 260 g/mol. The zero-order valence-electron chi connectivity index (χ0n) is 13.0. The smallest absolute Gasteiger partial charge is 0.224 e. The number of carbonyl (C=O) groups is 4. The van der Waals surface area contributed by atoms with Gasteiger partial charge in [0, 0.05) is 0 Å². The van der Waals surface area contributed by atoms with Crippen LogP contribution in [0.1, 0.15) is 66.2 Å². The highest BCUT2D eigenvalue weighted by molar-refractivity contribution is 5.96. The summed E-state index contributed by atoms with van der Waals surface area (Å²) in [5.74, 6) is -1.50. The molecule has 0 spiro atoms. The molecule has 0 bridgehead atoms. The molecule has 0 atom stereocenters. The number of primary amides is 2. The molecule has 20 heavy (non-hydrogen) atoms. The third kappa shape index (κ3) is 44.1. The predicted molar refractivity (Wildman–Crippen MR) is 78.8 cm³/mol. The summed E-state index contributed by atoms with van der Waals surface area (Å²) >= 11 is 0. The molecular formula is C14H28N2O4. The number of unbranched alkanes of at least 4 members (excludes halogenated alkanes) is 3. The van der Waals surface area contributed by atoms with Crippen LogP contribution >= 0.6 is 0 Å². The number of carbonyl (C=O) groups excluding carboxylic acids is 4. The van der Waals surface area contributed by atoms with E-state index in [2.05, 4.69) is 25.3 Å². The largest absolute Gasteiger partial charge is 0.369 e. The summed E-state index contributed by atoms with van der Waals surface area (Å²) in [6.45, 7) is 7.11. The Labute approximate surface area is 121 Å². The van der Waals surface area contributed by atoms with Crippen molar-refractivity contribution in [2.75, 3.05) is 0 Å². The molecule has 0 rings (SSSR count). The minimum atomic E-state index is -0.562. The Kier molecular flexibility index (Phi) is 20.2. The summed E-state index contributed by atoms with van der Waals surface area (Å²) in [6.07, 6.45) is 5.26. The van der Waals surface area contributed by atoms with Crippen LogP contribution in [0.15, 0.2) is 0 Å². The number of Topliss-reactive ketones (excluding diaryl/α,β-unsaturated/α-hetero) is 2. The second kappa shape index (κ2) is 17.3. The van der Waals surface area contributed by atoms with Gasteiger partial charge >= 0.3 is 0 Å². The first kappa shape index (κ1) is 23.4. The van der Waals surface area contributed by atoms with Crippen molar-refractivity contribution in [1.82, 2.24) is 0 Å². The summed E-state index contributed by atoms with van der Waals surface area (Å²) in [5, 5.41) is 0. The predicted octanol–water partition coefficient (Wildman–Crippen LogP) is 1.49. The summed E-state index contributed by atoms with van der Waals surface area (Å²) in [5.41, 5.74) is 9.27. The minimum Gasteiger partial charge on any atom is -0.369 e. The van der Waals surface area contributed by atoms with E-state index in [4.69, 9.17) is 0 Å². The SMILES string of the molecule is CC(=O)CC(N)=O.CC(=O)CC(N)=O.CCCCCC. The lowest BCUT2D eigenvalue weighted by Crippen LogP contribution is -2.13. The molecule has 0 aliphatic rings. The molecule has 4 N–H and O–H groups in total. The minimum absolute atomic E-state index is 0.139. The van der Waals surface area contributed by atoms with Gasteiger partial charge in [0.25, 0.3) is 0 Å². The molecule has 0 unspecified atom stereocenters. The molecule has 0 saturated heterocycles. The Hall–Kier alpha value is -1.72. The normalized spacial score (nSPS) is 8.40. The summed E-state index contributed by atoms with van der Waals surface area (Å²) in [6, 6.07) is 0. The van der Waals surface area contributed by atoms with Crippen molar-refractivity contribution in [3.05, 3.63) is 0 Å². The van der Waals surface area contributed by atoms with Gasteiger partial charge in [0.2, 0.25) is 11.8 Å². The Morgan fingerprint density at radius 1 is 0.700 bits per heavy atom. The fourth-order valence-corrected chi connectivity index (χ4v) is 0.991. The fourth-order valence-electron chi connectivity index (χ4n) is 0.991. The average molecular weight is 288 g/mol. The van der Waals surface area contributed by atoms with Gasteiger partial charge in [0.15, 0.2) is 0 Å². The fraction of sp³-hybridized carbons (Fsp3) is 0.714. The van der Waals surface area contributed by atoms with E-state index in [0.29, 0.717) is 0 Å². The molecule has 0 heterocycles. The molecule has 0 fully saturated rings. The third-order valence-electron chi connectivity index (χ3n) is 1.80. The first-order valence-electron chi connectivity index (χ1n) is 6.72. The van der Waals surface area contributed by atoms with Crippen molar-refractivity contribution in [3.8, 4) is 0 Å². The molecule has 0 radical (unpaired) electrons. The average Bonchev–Trinajstić information content (AvgIpc) is 2.24. The van der Waals surface area contributed by atoms with Crippen LogP contribution in [0.3, 0.4) is 0 Å². The first-order chi connectivity index (χ1) is 9.17. The molecule has 0 aromatic heterocycles. The van der Waals surface area contributed by atoms with Crippen LogP contribution in [0.2, 0.25) is 0 Å². The zero-order chi connectivity index (χ0) is 16.6. The molecule has 118 valence electrons. The summed E-state index contributed by atoms with van der Waals surface area (Å²) < 4.78 is 0. The van der Waals surface area contributed by atoms with Gasteiger partial charge in [0.05, 0.1) is 12.8 Å². The molecule has 0 aliphatic heterocycles. The highest BCUT2D eigenvalue weighted by Crippen LogP contribution is 1.95. The number of hydrogen-bond donors (Lipinski definition) is 2. The van der Waals surface area contributed by atoms with E-state index in [1.54, 1.807) is 0 Å². The zero-order valence-corrected chi connectivity index (χ0v) is 13.0. The molecule has 2 amide bonds. The van der Waals surface area contributed by atoms with Gasteiger partial charge in [-0.3, -0.25) is 19.2 Å². The standard InChI is InChI=1S/C6H14.2C4H7NO2/c1-3-5-6-4-2;2*1-3(6)2-4(5)7/h3-6H2,1-2H3;2*2H2,1H3,(H2,5,7). The Bertz CT molecular complexity index is 248. The highest BCUT2D eigenvalue weighted by Gasteiger charge is 1.96. The third-order valence-corrected chi connectivity index (χ3v) is 1.80. The van der Waals surface area contributed by atoms with E-state index >= 15 is 0 Å². The van der Waals surface area contributed by atoms with Crippen LogP contribution in [0.5, 0.6) is 0 Å². The lowest BCUT2D eigenvalue weighted by molar-refractivity contribution is -0.126. The van der Waals surface area contributed by atoms with E-state index in [1.165, 1.54) is 39.5 Å². The monoisotopic (exact) mass is 288 g/mol. The van der Waals surface area contributed by atoms with Gasteiger partial charge in [0.1, 0.15) is 11.6 Å². The van der Waals surface area contributed by atoms with Crippen molar-refractivity contribution in [2.45, 2.75) is 66.2 Å². The maximum atomic E-state index is 9.95. The number of hydrogen-bond acceptors (Lipinski definition) is 4. The van der Waals surface area contributed by atoms with Gasteiger partial charge in [-0.05, 0) is 13.8 Å². The van der Waals surface area contributed by atoms with Gasteiger partial charge in [-0.25, -0.2) is 0 Å². The lowest BCUT2D eigenvalue weighted by Gasteiger charge is -1.86. The second-order valence-electron chi connectivity index (χ2n) is 4.40. The van der Waals surface area contributed by atoms with Crippen molar-refractivity contribution < 1.29 is 19.2 Å². The lowest BCUT2D eigenvalue weighted by atomic mass is 10.2. The topological polar surface area (TPSA) is 120 Å². The Morgan fingerprint density at radius 2 is 0.950 bits per heavy atom. The van der Waals surface area contributed by atoms with Crippen LogP contribution in [0.25, 0.3) is 0 Å². The highest BCUT2D eigenvalue weighted by atomic mass is 16.2. The van der Waals surface area contributed by atoms with Crippen molar-refractivity contribution >= 4 is 23.4 Å². The van der Waals surface area contributed by atoms with Crippen molar-refractivity contribution in [3.63, 3.8) is 0 Å². The first-order valence-corrected chi connectivity index (χ1v) is 6.72. The van der Waals surface area contributed by atoms with Crippen LogP contribution in [0.4, 0.5) is 0 Å². The van der Waals surface area contributed by atoms with E-state index in [-0.39, 0.29) is 24.4 Å². The van der Waals surface area contributed by atoms with E-state index < -0.39 is 11.8 Å². The Balaban J connectivity index is -0.000000218. The quantitative estimate of drug-likeness (QED) is 0.544. The van der Waals surface area contributed by atoms with E-state index in [1.807, 2.05) is 0 Å². The number of rotatable bonds is 7. The molecule has 0 aromatic rings. The van der Waals surface area contributed by atoms with Gasteiger partial charge in [-0.2, -0.15) is 0 Å². The maximum absolute atomic E-state index is 9.95. The van der Waals surface area contributed by atoms with Gasteiger partial charge < -0.3 is 11.5 Å². The summed E-state index contributed by atoms with van der Waals surface area (Å²) in [7, 11) is 0. The van der Waals surface area contributed by atoms with E-state index in [0.717, 1.165) is 0 Å². The number of amides is 2. The molecule has 0 saturated carbocycles. The van der Waals surface area contributed by atoms with Crippen LogP contribution in [-0.2, 0) is 19.2 Å². The van der Waals surface area contributed by atoms with Gasteiger partial charge in [-0.1, -0.05) is 39.5 Å².